The van der Waals surface area contributed by atoms with Crippen LogP contribution in [0.5, 0.6) is 0 Å². The number of carbonyl (C=O) groups is 1. The Morgan fingerprint density at radius 2 is 1.56 bits per heavy atom. The van der Waals surface area contributed by atoms with Gasteiger partial charge >= 0.3 is 0 Å². The topological polar surface area (TPSA) is 44.4 Å². The van der Waals surface area contributed by atoms with Crippen LogP contribution >= 0.6 is 0 Å². The van der Waals surface area contributed by atoms with E-state index in [4.69, 9.17) is 0 Å². The number of nitrogens with zero attached hydrogens (tertiary/aromatic N) is 1. The van der Waals surface area contributed by atoms with Gasteiger partial charge in [0.15, 0.2) is 0 Å². The number of carbonyl (C=O) groups excluding carboxylic acids is 1. The van der Waals surface area contributed by atoms with E-state index in [1.165, 1.54) is 5.12 Å². The van der Waals surface area contributed by atoms with Crippen molar-refractivity contribution in [3.63, 3.8) is 0 Å². The number of rotatable bonds is 9. The van der Waals surface area contributed by atoms with Crippen LogP contribution in [0.3, 0.4) is 0 Å². The number of hydrogen-bond acceptors (Lipinski definition) is 3. The molecule has 0 aromatic rings. The molecule has 0 radical (unpaired) electrons. The summed E-state index contributed by atoms with van der Waals surface area (Å²) in [5.41, 5.74) is 6.76. The van der Waals surface area contributed by atoms with Crippen molar-refractivity contribution in [2.75, 3.05) is 13.1 Å². The van der Waals surface area contributed by atoms with E-state index >= 15 is 0 Å². The van der Waals surface area contributed by atoms with Crippen molar-refractivity contribution in [2.45, 2.75) is 46.5 Å². The van der Waals surface area contributed by atoms with Crippen LogP contribution < -0.4 is 10.9 Å². The lowest BCUT2D eigenvalue weighted by molar-refractivity contribution is -0.134. The minimum Gasteiger partial charge on any atom is -0.267 e. The molecule has 0 atom stereocenters. The molecule has 0 rings (SSSR count). The minimum atomic E-state index is -0.0521. The second kappa shape index (κ2) is 9.36. The second-order valence-corrected chi connectivity index (χ2v) is 3.81. The van der Waals surface area contributed by atoms with Crippen LogP contribution in [0.1, 0.15) is 46.5 Å². The number of amides is 1. The van der Waals surface area contributed by atoms with Crippen LogP contribution in [-0.4, -0.2) is 24.1 Å². The first-order valence-electron chi connectivity index (χ1n) is 6.16. The minimum absolute atomic E-state index is 0.0521. The molecule has 0 fully saturated rings. The SMILES string of the molecule is C=C(CCC)C(=O)N(NCCC)NCCC. The molecule has 0 aliphatic rings. The van der Waals surface area contributed by atoms with Gasteiger partial charge < -0.3 is 0 Å². The van der Waals surface area contributed by atoms with Gasteiger partial charge in [0, 0.05) is 18.7 Å². The van der Waals surface area contributed by atoms with Crippen LogP contribution in [0.2, 0.25) is 0 Å². The molecule has 0 saturated heterocycles. The number of nitrogens with one attached hydrogen (secondary N) is 2. The normalized spacial score (nSPS) is 10.2. The quantitative estimate of drug-likeness (QED) is 0.468. The molecule has 2 N–H and O–H groups in total. The van der Waals surface area contributed by atoms with Crippen molar-refractivity contribution in [3.8, 4) is 0 Å². The Bertz CT molecular complexity index is 208. The third-order valence-corrected chi connectivity index (χ3v) is 2.10. The Hall–Kier alpha value is -0.870. The average molecular weight is 227 g/mol. The molecule has 0 saturated carbocycles. The number of hydrogen-bond donors (Lipinski definition) is 2. The van der Waals surface area contributed by atoms with Crippen molar-refractivity contribution >= 4 is 5.91 Å². The molecule has 0 aliphatic heterocycles. The fourth-order valence-corrected chi connectivity index (χ4v) is 1.21. The highest BCUT2D eigenvalue weighted by Crippen LogP contribution is 2.04. The maximum Gasteiger partial charge on any atom is 0.278 e. The number of hydrazine groups is 2. The second-order valence-electron chi connectivity index (χ2n) is 3.81. The van der Waals surface area contributed by atoms with Gasteiger partial charge in [-0.2, -0.15) is 0 Å². The van der Waals surface area contributed by atoms with Crippen molar-refractivity contribution < 1.29 is 4.79 Å². The van der Waals surface area contributed by atoms with E-state index < -0.39 is 0 Å². The summed E-state index contributed by atoms with van der Waals surface area (Å²) in [4.78, 5) is 11.9. The van der Waals surface area contributed by atoms with E-state index in [0.717, 1.165) is 38.8 Å². The third kappa shape index (κ3) is 5.88. The van der Waals surface area contributed by atoms with Crippen molar-refractivity contribution in [1.29, 1.82) is 0 Å². The van der Waals surface area contributed by atoms with Crippen LogP contribution in [0.25, 0.3) is 0 Å². The monoisotopic (exact) mass is 227 g/mol. The highest BCUT2D eigenvalue weighted by atomic mass is 16.2. The van der Waals surface area contributed by atoms with Gasteiger partial charge in [-0.25, -0.2) is 16.0 Å². The van der Waals surface area contributed by atoms with E-state index in [1.54, 1.807) is 0 Å². The average Bonchev–Trinajstić information content (AvgIpc) is 2.29. The van der Waals surface area contributed by atoms with Crippen LogP contribution in [-0.2, 0) is 4.79 Å². The third-order valence-electron chi connectivity index (χ3n) is 2.10. The van der Waals surface area contributed by atoms with Gasteiger partial charge in [-0.15, -0.1) is 0 Å². The van der Waals surface area contributed by atoms with Gasteiger partial charge in [-0.1, -0.05) is 33.8 Å². The highest BCUT2D eigenvalue weighted by molar-refractivity contribution is 5.92. The molecule has 1 amide bonds. The Kier molecular flexibility index (Phi) is 8.85. The van der Waals surface area contributed by atoms with Crippen LogP contribution in [0.4, 0.5) is 0 Å². The Morgan fingerprint density at radius 1 is 1.06 bits per heavy atom. The lowest BCUT2D eigenvalue weighted by Crippen LogP contribution is -2.52. The molecular formula is C12H25N3O. The molecule has 16 heavy (non-hydrogen) atoms. The first-order chi connectivity index (χ1) is 7.67. The molecule has 0 heterocycles. The van der Waals surface area contributed by atoms with E-state index in [2.05, 4.69) is 31.3 Å². The fourth-order valence-electron chi connectivity index (χ4n) is 1.21. The summed E-state index contributed by atoms with van der Waals surface area (Å²) in [5, 5.41) is 1.48. The van der Waals surface area contributed by atoms with Gasteiger partial charge in [0.2, 0.25) is 0 Å². The zero-order valence-electron chi connectivity index (χ0n) is 10.8. The first kappa shape index (κ1) is 15.1. The molecule has 0 unspecified atom stereocenters. The summed E-state index contributed by atoms with van der Waals surface area (Å²) >= 11 is 0. The Balaban J connectivity index is 4.23. The molecular weight excluding hydrogens is 202 g/mol. The predicted molar refractivity (Wildman–Crippen MR) is 67.5 cm³/mol. The standard InChI is InChI=1S/C12H25N3O/c1-5-8-11(4)12(16)15(13-9-6-2)14-10-7-3/h13-14H,4-10H2,1-3H3. The maximum absolute atomic E-state index is 11.9. The first-order valence-corrected chi connectivity index (χ1v) is 6.16. The Morgan fingerprint density at radius 3 is 1.94 bits per heavy atom. The summed E-state index contributed by atoms with van der Waals surface area (Å²) in [5.74, 6) is -0.0521. The van der Waals surface area contributed by atoms with E-state index in [9.17, 15) is 4.79 Å². The van der Waals surface area contributed by atoms with Crippen molar-refractivity contribution in [1.82, 2.24) is 16.0 Å². The van der Waals surface area contributed by atoms with Gasteiger partial charge in [0.05, 0.1) is 0 Å². The molecule has 4 heteroatoms. The molecule has 0 aromatic carbocycles. The van der Waals surface area contributed by atoms with Crippen molar-refractivity contribution in [2.24, 2.45) is 0 Å². The van der Waals surface area contributed by atoms with E-state index in [0.29, 0.717) is 5.57 Å². The summed E-state index contributed by atoms with van der Waals surface area (Å²) in [6.45, 7) is 11.5. The lowest BCUT2D eigenvalue weighted by atomic mass is 10.2. The van der Waals surface area contributed by atoms with Gasteiger partial charge in [-0.3, -0.25) is 4.79 Å². The summed E-state index contributed by atoms with van der Waals surface area (Å²) < 4.78 is 0. The summed E-state index contributed by atoms with van der Waals surface area (Å²) in [7, 11) is 0. The summed E-state index contributed by atoms with van der Waals surface area (Å²) in [6, 6.07) is 0. The van der Waals surface area contributed by atoms with Gasteiger partial charge in [0.1, 0.15) is 0 Å². The van der Waals surface area contributed by atoms with Gasteiger partial charge in [0.25, 0.3) is 5.91 Å². The molecule has 4 nitrogen and oxygen atoms in total. The molecule has 94 valence electrons. The maximum atomic E-state index is 11.9. The highest BCUT2D eigenvalue weighted by Gasteiger charge is 2.14. The van der Waals surface area contributed by atoms with Crippen molar-refractivity contribution in [3.05, 3.63) is 12.2 Å². The largest absolute Gasteiger partial charge is 0.278 e. The van der Waals surface area contributed by atoms with E-state index in [-0.39, 0.29) is 5.91 Å². The van der Waals surface area contributed by atoms with E-state index in [1.807, 2.05) is 6.92 Å². The summed E-state index contributed by atoms with van der Waals surface area (Å²) in [6.07, 6.45) is 3.66. The molecule has 0 spiro atoms. The lowest BCUT2D eigenvalue weighted by Gasteiger charge is -2.24. The Labute approximate surface area is 99.0 Å². The zero-order valence-corrected chi connectivity index (χ0v) is 10.8. The smallest absolute Gasteiger partial charge is 0.267 e. The van der Waals surface area contributed by atoms with Crippen LogP contribution in [0, 0.1) is 0 Å². The van der Waals surface area contributed by atoms with Crippen LogP contribution in [0.15, 0.2) is 12.2 Å². The zero-order chi connectivity index (χ0) is 12.4. The predicted octanol–water partition coefficient (Wildman–Crippen LogP) is 2.00. The van der Waals surface area contributed by atoms with Gasteiger partial charge in [-0.05, 0) is 19.3 Å². The molecule has 0 aromatic heterocycles. The molecule has 0 bridgehead atoms. The fraction of sp³-hybridized carbons (Fsp3) is 0.750. The molecule has 0 aliphatic carbocycles.